The van der Waals surface area contributed by atoms with E-state index in [1.165, 1.54) is 62.7 Å². The van der Waals surface area contributed by atoms with E-state index in [4.69, 9.17) is 19.9 Å². The van der Waals surface area contributed by atoms with Gasteiger partial charge in [-0.3, -0.25) is 9.59 Å². The van der Waals surface area contributed by atoms with E-state index in [0.29, 0.717) is 25.6 Å². The maximum Gasteiger partial charge on any atom is 0.319 e. The molecule has 5 aliphatic rings. The van der Waals surface area contributed by atoms with Gasteiger partial charge in [0.25, 0.3) is 0 Å². The number of carbonyl (C=O) groups is 2. The summed E-state index contributed by atoms with van der Waals surface area (Å²) in [4.78, 5) is 27.6. The summed E-state index contributed by atoms with van der Waals surface area (Å²) in [7, 11) is 0. The minimum Gasteiger partial charge on any atom is -0.462 e. The fraction of sp³-hybridized carbons (Fsp3) is 0.907. The maximum absolute atomic E-state index is 14.3. The zero-order valence-corrected chi connectivity index (χ0v) is 34.2. The molecule has 0 bridgehead atoms. The van der Waals surface area contributed by atoms with E-state index in [0.717, 1.165) is 89.9 Å². The number of aliphatic hydroxyl groups excluding tert-OH is 1. The summed E-state index contributed by atoms with van der Waals surface area (Å²) in [6.07, 6.45) is 29.1. The summed E-state index contributed by atoms with van der Waals surface area (Å²) in [5.74, 6) is -0.650. The van der Waals surface area contributed by atoms with Crippen LogP contribution >= 0.6 is 0 Å². The molecule has 5 rings (SSSR count). The van der Waals surface area contributed by atoms with E-state index in [1.807, 2.05) is 0 Å². The van der Waals surface area contributed by atoms with Crippen LogP contribution in [0.1, 0.15) is 175 Å². The Balaban J connectivity index is 0.973. The second kappa shape index (κ2) is 21.8. The molecule has 4 unspecified atom stereocenters. The fourth-order valence-corrected chi connectivity index (χ4v) is 10.3. The highest BCUT2D eigenvalue weighted by molar-refractivity contribution is 5.80. The second-order valence-corrected chi connectivity index (χ2v) is 17.5. The first-order valence-corrected chi connectivity index (χ1v) is 22.5. The molecule has 5 aliphatic heterocycles. The van der Waals surface area contributed by atoms with Gasteiger partial charge in [-0.1, -0.05) is 89.7 Å². The monoisotopic (exact) mass is 761 g/mol. The molecule has 0 radical (unpaired) electrons. The molecule has 11 atom stereocenters. The van der Waals surface area contributed by atoms with E-state index in [2.05, 4.69) is 48.9 Å². The number of ether oxygens (including phenoxy) is 3. The quantitative estimate of drug-likeness (QED) is 0.0495. The largest absolute Gasteiger partial charge is 0.462 e. The summed E-state index contributed by atoms with van der Waals surface area (Å²) >= 11 is 0. The number of hydrogen-bond donors (Lipinski definition) is 6. The Morgan fingerprint density at radius 3 is 2.30 bits per heavy atom. The lowest BCUT2D eigenvalue weighted by molar-refractivity contribution is -0.985. The molecule has 4 saturated heterocycles. The van der Waals surface area contributed by atoms with E-state index < -0.39 is 11.8 Å². The van der Waals surface area contributed by atoms with Gasteiger partial charge in [0.2, 0.25) is 12.2 Å². The van der Waals surface area contributed by atoms with Crippen LogP contribution in [0, 0.1) is 5.92 Å². The lowest BCUT2D eigenvalue weighted by atomic mass is 9.79. The predicted octanol–water partition coefficient (Wildman–Crippen LogP) is 5.24. The van der Waals surface area contributed by atoms with Crippen molar-refractivity contribution in [3.05, 3.63) is 12.2 Å². The first-order chi connectivity index (χ1) is 26.2. The minimum absolute atomic E-state index is 0.0107. The summed E-state index contributed by atoms with van der Waals surface area (Å²) in [6, 6.07) is 0.618. The number of amides is 1. The Bertz CT molecular complexity index is 1180. The van der Waals surface area contributed by atoms with Crippen LogP contribution in [0.15, 0.2) is 12.2 Å². The van der Waals surface area contributed by atoms with Crippen molar-refractivity contribution in [2.24, 2.45) is 11.7 Å². The number of allylic oxidation sites excluding steroid dienone is 1. The molecule has 4 fully saturated rings. The first kappa shape index (κ1) is 43.5. The summed E-state index contributed by atoms with van der Waals surface area (Å²) in [5.41, 5.74) is 4.38. The molecule has 5 heterocycles. The minimum atomic E-state index is -0.896. The number of hydrogen-bond acceptors (Lipinski definition) is 9. The van der Waals surface area contributed by atoms with E-state index >= 15 is 0 Å². The van der Waals surface area contributed by atoms with E-state index in [9.17, 15) is 14.7 Å². The smallest absolute Gasteiger partial charge is 0.319 e. The molecular weight excluding hydrogens is 683 g/mol. The van der Waals surface area contributed by atoms with Crippen molar-refractivity contribution in [1.82, 2.24) is 16.0 Å². The Labute approximate surface area is 327 Å². The summed E-state index contributed by atoms with van der Waals surface area (Å²) in [5, 5.41) is 20.6. The van der Waals surface area contributed by atoms with Gasteiger partial charge in [0.05, 0.1) is 24.4 Å². The van der Waals surface area contributed by atoms with Gasteiger partial charge in [0, 0.05) is 25.8 Å². The molecule has 0 saturated carbocycles. The van der Waals surface area contributed by atoms with Gasteiger partial charge in [-0.2, -0.15) is 0 Å². The van der Waals surface area contributed by atoms with Gasteiger partial charge >= 0.3 is 5.97 Å². The molecule has 2 spiro atoms. The van der Waals surface area contributed by atoms with Crippen LogP contribution in [0.2, 0.25) is 0 Å². The normalized spacial score (nSPS) is 34.4. The number of quaternary nitrogens is 1. The van der Waals surface area contributed by atoms with Crippen molar-refractivity contribution in [3.63, 3.8) is 0 Å². The molecule has 1 amide bonds. The molecule has 0 aliphatic carbocycles. The number of esters is 1. The van der Waals surface area contributed by atoms with Crippen molar-refractivity contribution in [2.45, 2.75) is 229 Å². The van der Waals surface area contributed by atoms with Crippen molar-refractivity contribution >= 4 is 11.9 Å². The molecule has 54 heavy (non-hydrogen) atoms. The van der Waals surface area contributed by atoms with Crippen LogP contribution in [0.5, 0.6) is 0 Å². The van der Waals surface area contributed by atoms with Crippen LogP contribution < -0.4 is 26.6 Å². The number of rotatable bonds is 22. The zero-order valence-electron chi connectivity index (χ0n) is 34.2. The molecule has 0 aromatic rings. The van der Waals surface area contributed by atoms with Crippen LogP contribution in [0.3, 0.4) is 0 Å². The van der Waals surface area contributed by atoms with Crippen molar-refractivity contribution in [3.8, 4) is 0 Å². The number of unbranched alkanes of at least 4 members (excludes halogenated alkanes) is 11. The summed E-state index contributed by atoms with van der Waals surface area (Å²) < 4.78 is 20.0. The molecule has 11 heteroatoms. The molecular formula is C43H78N5O6+. The SMILES string of the molecule is CC[C@@H]1C=CCC[C@]2(C[C@H]3CC[C@H]4[C@@H](C(=O)OC(C)CCCCCCCCCCCCCCC(O)C(=O)NCCCN)[C@@]5(CCC[C@H](C)O5)NC(N2)[NH+]34)O1. The summed E-state index contributed by atoms with van der Waals surface area (Å²) in [6.45, 7) is 7.51. The highest BCUT2D eigenvalue weighted by Crippen LogP contribution is 2.42. The topological polar surface area (TPSA) is 149 Å². The lowest BCUT2D eigenvalue weighted by Gasteiger charge is -2.58. The Morgan fingerprint density at radius 2 is 1.63 bits per heavy atom. The Hall–Kier alpha value is -1.60. The molecule has 7 N–H and O–H groups in total. The highest BCUT2D eigenvalue weighted by Gasteiger charge is 2.67. The lowest BCUT2D eigenvalue weighted by Crippen LogP contribution is -3.29. The maximum atomic E-state index is 14.3. The van der Waals surface area contributed by atoms with Crippen molar-refractivity contribution < 1.29 is 33.8 Å². The molecule has 310 valence electrons. The Kier molecular flexibility index (Phi) is 17.6. The molecule has 0 aromatic carbocycles. The standard InChI is InChI=1S/C43H77N5O6/c1-4-35-23-17-18-27-42(54-35)31-34-25-26-36-38(43(28-19-22-33(3)53-43)47-41(46-42)48(34)36)40(51)52-32(2)21-15-13-11-9-7-5-6-8-10-12-14-16-24-37(49)39(50)45-30-20-29-44/h17,23,32-38,41,46-47,49H,4-16,18-22,24-31,44H2,1-3H3,(H,45,50)/p+1/t32?,33-,34+,35+,36-,37?,38-,41?,42+,43-/m0/s1. The van der Waals surface area contributed by atoms with E-state index in [1.54, 1.807) is 0 Å². The number of nitrogens with one attached hydrogen (secondary N) is 4. The van der Waals surface area contributed by atoms with Crippen LogP contribution in [0.4, 0.5) is 0 Å². The van der Waals surface area contributed by atoms with Gasteiger partial charge in [0.15, 0.2) is 5.92 Å². The predicted molar refractivity (Wildman–Crippen MR) is 212 cm³/mol. The average Bonchev–Trinajstić information content (AvgIpc) is 3.45. The van der Waals surface area contributed by atoms with E-state index in [-0.39, 0.29) is 54.2 Å². The molecule has 0 aromatic heterocycles. The van der Waals surface area contributed by atoms with Crippen LogP contribution in [-0.2, 0) is 23.8 Å². The third kappa shape index (κ3) is 12.0. The van der Waals surface area contributed by atoms with Gasteiger partial charge in [-0.25, -0.2) is 10.6 Å². The van der Waals surface area contributed by atoms with Crippen LogP contribution in [-0.4, -0.2) is 84.3 Å². The third-order valence-corrected chi connectivity index (χ3v) is 13.1. The first-order valence-electron chi connectivity index (χ1n) is 22.5. The number of aliphatic hydroxyl groups is 1. The highest BCUT2D eigenvalue weighted by atomic mass is 16.6. The van der Waals surface area contributed by atoms with Crippen LogP contribution in [0.25, 0.3) is 0 Å². The zero-order chi connectivity index (χ0) is 38.4. The van der Waals surface area contributed by atoms with Crippen molar-refractivity contribution in [1.29, 1.82) is 0 Å². The van der Waals surface area contributed by atoms with Crippen molar-refractivity contribution in [2.75, 3.05) is 13.1 Å². The van der Waals surface area contributed by atoms with Gasteiger partial charge < -0.3 is 35.3 Å². The average molecular weight is 761 g/mol. The Morgan fingerprint density at radius 1 is 0.944 bits per heavy atom. The fourth-order valence-electron chi connectivity index (χ4n) is 10.3. The second-order valence-electron chi connectivity index (χ2n) is 17.5. The van der Waals surface area contributed by atoms with Gasteiger partial charge in [-0.05, 0) is 84.6 Å². The third-order valence-electron chi connectivity index (χ3n) is 13.1. The number of nitrogens with two attached hydrogens (primary N) is 1. The molecule has 11 nitrogen and oxygen atoms in total. The number of carbonyl (C=O) groups excluding carboxylic acids is 2. The van der Waals surface area contributed by atoms with Gasteiger partial charge in [-0.15, -0.1) is 0 Å². The van der Waals surface area contributed by atoms with Gasteiger partial charge in [0.1, 0.15) is 23.6 Å².